The van der Waals surface area contributed by atoms with E-state index in [0.29, 0.717) is 22.4 Å². The third-order valence-corrected chi connectivity index (χ3v) is 7.44. The Morgan fingerprint density at radius 2 is 1.51 bits per heavy atom. The van der Waals surface area contributed by atoms with Gasteiger partial charge in [-0.2, -0.15) is 26.3 Å². The van der Waals surface area contributed by atoms with E-state index in [0.717, 1.165) is 0 Å². The van der Waals surface area contributed by atoms with Crippen LogP contribution in [0.1, 0.15) is 42.5 Å². The maximum Gasteiger partial charge on any atom is 0.389 e. The Labute approximate surface area is 258 Å². The predicted molar refractivity (Wildman–Crippen MR) is 154 cm³/mol. The molecule has 15 heteroatoms. The number of hydrazine groups is 1. The van der Waals surface area contributed by atoms with Gasteiger partial charge >= 0.3 is 18.5 Å². The lowest BCUT2D eigenvalue weighted by Crippen LogP contribution is -2.50. The lowest BCUT2D eigenvalue weighted by Gasteiger charge is -2.26. The number of primary amides is 1. The number of pyridine rings is 1. The quantitative estimate of drug-likeness (QED) is 0.167. The molecule has 238 valence electrons. The third kappa shape index (κ3) is 8.59. The molecule has 2 aromatic carbocycles. The van der Waals surface area contributed by atoms with Crippen LogP contribution in [0.5, 0.6) is 0 Å². The molecular weight excluding hydrogens is 628 g/mol. The molecule has 4 rings (SSSR count). The van der Waals surface area contributed by atoms with Gasteiger partial charge in [-0.15, -0.1) is 5.43 Å². The molecule has 45 heavy (non-hydrogen) atoms. The van der Waals surface area contributed by atoms with E-state index in [9.17, 15) is 40.8 Å². The van der Waals surface area contributed by atoms with Gasteiger partial charge in [0.15, 0.2) is 4.87 Å². The third-order valence-electron chi connectivity index (χ3n) is 7.21. The maximum atomic E-state index is 13.8. The lowest BCUT2D eigenvalue weighted by molar-refractivity contribution is -0.546. The van der Waals surface area contributed by atoms with Crippen molar-refractivity contribution >= 4 is 40.2 Å². The molecule has 0 unspecified atom stereocenters. The van der Waals surface area contributed by atoms with Gasteiger partial charge in [0.1, 0.15) is 5.69 Å². The number of hydrogen-bond donors (Lipinski definition) is 3. The molecule has 3 aromatic rings. The van der Waals surface area contributed by atoms with E-state index in [2.05, 4.69) is 15.7 Å². The first-order chi connectivity index (χ1) is 21.1. The van der Waals surface area contributed by atoms with Crippen LogP contribution < -0.4 is 16.5 Å². The van der Waals surface area contributed by atoms with Crippen LogP contribution in [0.3, 0.4) is 0 Å². The Hall–Kier alpha value is -4.46. The number of rotatable bonds is 10. The van der Waals surface area contributed by atoms with Gasteiger partial charge < -0.3 is 5.73 Å². The zero-order chi connectivity index (χ0) is 32.9. The molecule has 1 aliphatic rings. The van der Waals surface area contributed by atoms with Crippen molar-refractivity contribution in [2.24, 2.45) is 17.6 Å². The number of nitrogens with one attached hydrogen (secondary N) is 2. The number of nitrogens with two attached hydrogens (primary N) is 1. The summed E-state index contributed by atoms with van der Waals surface area (Å²) in [5.74, 6) is -6.53. The van der Waals surface area contributed by atoms with Crippen molar-refractivity contribution < 1.29 is 40.8 Å². The number of halogens is 7. The van der Waals surface area contributed by atoms with Gasteiger partial charge in [0.05, 0.1) is 27.1 Å². The van der Waals surface area contributed by atoms with Crippen molar-refractivity contribution in [1.29, 1.82) is 0 Å². The van der Waals surface area contributed by atoms with E-state index in [1.165, 1.54) is 18.3 Å². The number of alkyl halides is 6. The molecule has 0 spiro atoms. The van der Waals surface area contributed by atoms with Gasteiger partial charge in [0, 0.05) is 36.1 Å². The smallest absolute Gasteiger partial charge is 0.369 e. The predicted octanol–water partition coefficient (Wildman–Crippen LogP) is 6.66. The molecule has 0 saturated heterocycles. The van der Waals surface area contributed by atoms with Crippen LogP contribution in [0.4, 0.5) is 32.0 Å². The van der Waals surface area contributed by atoms with E-state index < -0.39 is 67.9 Å². The minimum absolute atomic E-state index is 0.0964. The molecule has 1 aromatic heterocycles. The summed E-state index contributed by atoms with van der Waals surface area (Å²) in [6, 6.07) is 18.2. The lowest BCUT2D eigenvalue weighted by atomic mass is 9.83. The minimum atomic E-state index is -4.81. The summed E-state index contributed by atoms with van der Waals surface area (Å²) in [4.78, 5) is 44.4. The zero-order valence-corrected chi connectivity index (χ0v) is 24.1. The number of benzene rings is 2. The van der Waals surface area contributed by atoms with Crippen LogP contribution in [0.25, 0.3) is 11.1 Å². The van der Waals surface area contributed by atoms with Crippen LogP contribution >= 0.6 is 11.6 Å². The first kappa shape index (κ1) is 33.4. The second kappa shape index (κ2) is 13.7. The fourth-order valence-electron chi connectivity index (χ4n) is 5.17. The average Bonchev–Trinajstić information content (AvgIpc) is 3.08. The normalized spacial score (nSPS) is 16.7. The molecule has 1 aliphatic heterocycles. The van der Waals surface area contributed by atoms with E-state index in [1.54, 1.807) is 54.6 Å². The van der Waals surface area contributed by atoms with Gasteiger partial charge in [0.25, 0.3) is 0 Å². The molecule has 0 aliphatic carbocycles. The van der Waals surface area contributed by atoms with Gasteiger partial charge in [-0.1, -0.05) is 60.1 Å². The highest BCUT2D eigenvalue weighted by molar-refractivity contribution is 6.30. The van der Waals surface area contributed by atoms with E-state index in [1.807, 2.05) is 0 Å². The van der Waals surface area contributed by atoms with Crippen molar-refractivity contribution in [2.75, 3.05) is 5.43 Å². The van der Waals surface area contributed by atoms with E-state index >= 15 is 0 Å². The summed E-state index contributed by atoms with van der Waals surface area (Å²) in [6.45, 7) is 0. The first-order valence-electron chi connectivity index (χ1n) is 13.6. The monoisotopic (exact) mass is 654 g/mol. The minimum Gasteiger partial charge on any atom is -0.369 e. The summed E-state index contributed by atoms with van der Waals surface area (Å²) in [5.41, 5.74) is 10.0. The van der Waals surface area contributed by atoms with Gasteiger partial charge in [-0.25, -0.2) is 0 Å². The fourth-order valence-corrected chi connectivity index (χ4v) is 5.28. The van der Waals surface area contributed by atoms with Gasteiger partial charge in [0.2, 0.25) is 11.8 Å². The fraction of sp³-hybridized carbons (Fsp3) is 0.300. The molecule has 0 saturated carbocycles. The summed E-state index contributed by atoms with van der Waals surface area (Å²) < 4.78 is 79.1. The molecule has 3 atom stereocenters. The number of nitrogens with zero attached hydrogens (tertiary/aromatic N) is 2. The number of para-hydroxylation sites is 1. The molecule has 2 amide bonds. The average molecular weight is 655 g/mol. The molecule has 0 fully saturated rings. The number of hydrogen-bond acceptors (Lipinski definition) is 4. The summed E-state index contributed by atoms with van der Waals surface area (Å²) in [7, 11) is 0. The highest BCUT2D eigenvalue weighted by atomic mass is 35.5. The highest BCUT2D eigenvalue weighted by Crippen LogP contribution is 2.40. The number of carbonyl (C=O) groups is 2. The molecule has 4 N–H and O–H groups in total. The van der Waals surface area contributed by atoms with Crippen molar-refractivity contribution in [3.05, 3.63) is 99.7 Å². The number of nitroso groups, excluding NO2 is 1. The van der Waals surface area contributed by atoms with Gasteiger partial charge in [-0.05, 0) is 36.6 Å². The van der Waals surface area contributed by atoms with Crippen LogP contribution in [0.15, 0.2) is 72.9 Å². The second-order valence-corrected chi connectivity index (χ2v) is 10.8. The van der Waals surface area contributed by atoms with E-state index in [4.69, 9.17) is 17.3 Å². The summed E-state index contributed by atoms with van der Waals surface area (Å²) in [5, 5.41) is 2.64. The summed E-state index contributed by atoms with van der Waals surface area (Å²) in [6.07, 6.45) is -15.2. The Kier molecular flexibility index (Phi) is 10.2. The molecule has 0 radical (unpaired) electrons. The van der Waals surface area contributed by atoms with Crippen LogP contribution in [0, 0.1) is 16.7 Å². The molecule has 8 nitrogen and oxygen atoms in total. The number of fused-ring (bicyclic) bond motifs is 1. The maximum absolute atomic E-state index is 13.8. The standard InChI is InChI=1S/C30H26ClF6N5O3/c31-18-10-11-23(39-16-18)25-24(17-6-2-1-3-7-17)21-8-4-5-9-22(21)41-42(45)27(25)40-28(44)20(13-15-30(35,36)37)19(26(38)43)12-14-29(32,33)34/h1-11,16,19-20,27H,12-15H2,(H3-,38,39,40,41,43,44,45)/p+1/t19-,20+,27-/m0/s1. The summed E-state index contributed by atoms with van der Waals surface area (Å²) >= 11 is 6.06. The molecular formula is C30H27ClF6N5O3+. The topological polar surface area (TPSA) is 117 Å². The van der Waals surface area contributed by atoms with Crippen molar-refractivity contribution in [3.8, 4) is 0 Å². The SMILES string of the molecule is NC(=O)[C@@H](CCC(F)(F)F)[C@@H](CCC(F)(F)F)C(=O)N[C@@H]1C(c2ccc(Cl)cn2)=C(c2ccccc2)c2ccccc2N[N+]1=O. The van der Waals surface area contributed by atoms with Crippen LogP contribution in [0.2, 0.25) is 5.02 Å². The first-order valence-corrected chi connectivity index (χ1v) is 14.0. The van der Waals surface area contributed by atoms with Crippen LogP contribution in [-0.4, -0.2) is 40.2 Å². The number of aromatic nitrogens is 1. The Morgan fingerprint density at radius 1 is 0.911 bits per heavy atom. The highest BCUT2D eigenvalue weighted by Gasteiger charge is 2.45. The molecule has 0 bridgehead atoms. The van der Waals surface area contributed by atoms with Crippen LogP contribution in [-0.2, 0) is 9.59 Å². The van der Waals surface area contributed by atoms with Crippen molar-refractivity contribution in [1.82, 2.24) is 10.3 Å². The van der Waals surface area contributed by atoms with E-state index in [-0.39, 0.29) is 21.2 Å². The van der Waals surface area contributed by atoms with Gasteiger partial charge in [-0.3, -0.25) is 19.9 Å². The molecule has 2 heterocycles. The van der Waals surface area contributed by atoms with Crippen molar-refractivity contribution in [3.63, 3.8) is 0 Å². The number of amides is 2. The number of anilines is 1. The Morgan fingerprint density at radius 3 is 2.09 bits per heavy atom. The zero-order valence-electron chi connectivity index (χ0n) is 23.3. The largest absolute Gasteiger partial charge is 0.389 e. The Balaban J connectivity index is 1.88. The Bertz CT molecular complexity index is 1580. The second-order valence-electron chi connectivity index (χ2n) is 10.3. The van der Waals surface area contributed by atoms with Crippen molar-refractivity contribution in [2.45, 2.75) is 44.2 Å². The number of carbonyl (C=O) groups excluding carboxylic acids is 2.